The van der Waals surface area contributed by atoms with Gasteiger partial charge in [0.05, 0.1) is 12.7 Å². The van der Waals surface area contributed by atoms with Crippen LogP contribution in [0, 0.1) is 11.6 Å². The largest absolute Gasteiger partial charge is 0.247 e. The van der Waals surface area contributed by atoms with Crippen molar-refractivity contribution in [1.29, 1.82) is 0 Å². The minimum Gasteiger partial charge on any atom is -0.247 e. The molecular formula is C15H13F2N5S. The van der Waals surface area contributed by atoms with Gasteiger partial charge in [0.15, 0.2) is 5.16 Å². The fraction of sp³-hybridized carbons (Fsp3) is 0.200. The number of hydrogen-bond acceptors (Lipinski definition) is 5. The van der Waals surface area contributed by atoms with Gasteiger partial charge in [-0.3, -0.25) is 0 Å². The molecule has 2 heterocycles. The summed E-state index contributed by atoms with van der Waals surface area (Å²) in [6, 6.07) is 3.76. The minimum absolute atomic E-state index is 0.0316. The normalized spacial score (nSPS) is 10.9. The quantitative estimate of drug-likeness (QED) is 0.530. The third kappa shape index (κ3) is 3.53. The molecule has 0 N–H and O–H groups in total. The number of hydrogen-bond donors (Lipinski definition) is 0. The van der Waals surface area contributed by atoms with E-state index in [-0.39, 0.29) is 12.1 Å². The molecule has 0 saturated carbocycles. The van der Waals surface area contributed by atoms with E-state index in [0.29, 0.717) is 16.4 Å². The molecule has 0 saturated heterocycles. The van der Waals surface area contributed by atoms with Crippen molar-refractivity contribution in [2.24, 2.45) is 0 Å². The molecule has 8 heteroatoms. The predicted octanol–water partition coefficient (Wildman–Crippen LogP) is 3.17. The minimum atomic E-state index is -0.605. The molecule has 3 rings (SSSR count). The fourth-order valence-electron chi connectivity index (χ4n) is 2.01. The van der Waals surface area contributed by atoms with E-state index in [9.17, 15) is 8.78 Å². The third-order valence-electron chi connectivity index (χ3n) is 3.12. The Bertz CT molecular complexity index is 784. The number of nitrogens with zero attached hydrogens (tertiary/aromatic N) is 5. The van der Waals surface area contributed by atoms with Gasteiger partial charge in [-0.05, 0) is 17.9 Å². The average Bonchev–Trinajstić information content (AvgIpc) is 3.01. The van der Waals surface area contributed by atoms with Crippen molar-refractivity contribution in [2.45, 2.75) is 18.6 Å². The van der Waals surface area contributed by atoms with Gasteiger partial charge in [0.2, 0.25) is 0 Å². The average molecular weight is 333 g/mol. The van der Waals surface area contributed by atoms with Crippen molar-refractivity contribution in [3.63, 3.8) is 0 Å². The highest BCUT2D eigenvalue weighted by molar-refractivity contribution is 7.99. The number of rotatable bonds is 5. The van der Waals surface area contributed by atoms with Gasteiger partial charge in [0.25, 0.3) is 0 Å². The second kappa shape index (κ2) is 6.82. The van der Waals surface area contributed by atoms with Crippen LogP contribution in [0.5, 0.6) is 0 Å². The molecule has 2 aromatic heterocycles. The Labute approximate surface area is 135 Å². The molecule has 0 bridgehead atoms. The molecule has 0 aliphatic carbocycles. The van der Waals surface area contributed by atoms with Gasteiger partial charge >= 0.3 is 0 Å². The summed E-state index contributed by atoms with van der Waals surface area (Å²) in [4.78, 5) is 8.44. The molecule has 3 aromatic rings. The number of halogens is 2. The maximum Gasteiger partial charge on any atom is 0.187 e. The van der Waals surface area contributed by atoms with Crippen LogP contribution in [-0.2, 0) is 6.54 Å². The SMILES string of the molecule is CCSc1ncc(-c2cn(Cc3c(F)cccc3F)nn2)cn1. The van der Waals surface area contributed by atoms with Gasteiger partial charge in [-0.1, -0.05) is 30.0 Å². The van der Waals surface area contributed by atoms with Crippen molar-refractivity contribution in [3.8, 4) is 11.3 Å². The zero-order chi connectivity index (χ0) is 16.2. The Morgan fingerprint density at radius 3 is 2.48 bits per heavy atom. The standard InChI is InChI=1S/C15H13F2N5S/c1-2-23-15-18-6-10(7-19-15)14-9-22(21-20-14)8-11-12(16)4-3-5-13(11)17/h3-7,9H,2,8H2,1H3. The second-order valence-electron chi connectivity index (χ2n) is 4.69. The summed E-state index contributed by atoms with van der Waals surface area (Å²) in [6.45, 7) is 1.99. The molecular weight excluding hydrogens is 320 g/mol. The van der Waals surface area contributed by atoms with Crippen LogP contribution >= 0.6 is 11.8 Å². The van der Waals surface area contributed by atoms with Gasteiger partial charge in [0, 0.05) is 23.5 Å². The molecule has 23 heavy (non-hydrogen) atoms. The highest BCUT2D eigenvalue weighted by Crippen LogP contribution is 2.18. The lowest BCUT2D eigenvalue weighted by Gasteiger charge is -2.03. The van der Waals surface area contributed by atoms with Gasteiger partial charge in [-0.15, -0.1) is 5.10 Å². The summed E-state index contributed by atoms with van der Waals surface area (Å²) < 4.78 is 28.7. The highest BCUT2D eigenvalue weighted by Gasteiger charge is 2.11. The summed E-state index contributed by atoms with van der Waals surface area (Å²) in [6.07, 6.45) is 4.92. The van der Waals surface area contributed by atoms with Crippen LogP contribution in [0.4, 0.5) is 8.78 Å². The van der Waals surface area contributed by atoms with Crippen LogP contribution in [0.25, 0.3) is 11.3 Å². The van der Waals surface area contributed by atoms with Crippen molar-refractivity contribution < 1.29 is 8.78 Å². The zero-order valence-corrected chi connectivity index (χ0v) is 13.1. The molecule has 0 unspecified atom stereocenters. The Morgan fingerprint density at radius 1 is 1.13 bits per heavy atom. The Morgan fingerprint density at radius 2 is 1.83 bits per heavy atom. The lowest BCUT2D eigenvalue weighted by molar-refractivity contribution is 0.528. The molecule has 5 nitrogen and oxygen atoms in total. The molecule has 0 atom stereocenters. The van der Waals surface area contributed by atoms with Crippen LogP contribution in [0.3, 0.4) is 0 Å². The Balaban J connectivity index is 1.80. The van der Waals surface area contributed by atoms with Gasteiger partial charge < -0.3 is 0 Å². The predicted molar refractivity (Wildman–Crippen MR) is 82.9 cm³/mol. The van der Waals surface area contributed by atoms with E-state index in [0.717, 1.165) is 5.75 Å². The van der Waals surface area contributed by atoms with Gasteiger partial charge in [-0.2, -0.15) is 0 Å². The van der Waals surface area contributed by atoms with E-state index < -0.39 is 11.6 Å². The summed E-state index contributed by atoms with van der Waals surface area (Å²) in [5.41, 5.74) is 1.20. The molecule has 118 valence electrons. The van der Waals surface area contributed by atoms with E-state index >= 15 is 0 Å². The first kappa shape index (κ1) is 15.5. The second-order valence-corrected chi connectivity index (χ2v) is 5.92. The zero-order valence-electron chi connectivity index (χ0n) is 12.3. The van der Waals surface area contributed by atoms with E-state index in [1.165, 1.54) is 22.9 Å². The maximum atomic E-state index is 13.7. The summed E-state index contributed by atoms with van der Waals surface area (Å²) >= 11 is 1.54. The molecule has 0 amide bonds. The summed E-state index contributed by atoms with van der Waals surface area (Å²) in [5, 5.41) is 8.59. The van der Waals surface area contributed by atoms with E-state index in [2.05, 4.69) is 20.3 Å². The Hall–Kier alpha value is -2.35. The van der Waals surface area contributed by atoms with Crippen molar-refractivity contribution >= 4 is 11.8 Å². The smallest absolute Gasteiger partial charge is 0.187 e. The number of benzene rings is 1. The molecule has 0 radical (unpaired) electrons. The molecule has 0 spiro atoms. The van der Waals surface area contributed by atoms with Crippen molar-refractivity contribution in [1.82, 2.24) is 25.0 Å². The summed E-state index contributed by atoms with van der Waals surface area (Å²) in [7, 11) is 0. The van der Waals surface area contributed by atoms with Crippen LogP contribution in [-0.4, -0.2) is 30.7 Å². The van der Waals surface area contributed by atoms with Crippen LogP contribution in [0.1, 0.15) is 12.5 Å². The lowest BCUT2D eigenvalue weighted by Crippen LogP contribution is -2.05. The van der Waals surface area contributed by atoms with Crippen LogP contribution in [0.15, 0.2) is 41.9 Å². The first-order valence-corrected chi connectivity index (χ1v) is 7.94. The highest BCUT2D eigenvalue weighted by atomic mass is 32.2. The molecule has 1 aromatic carbocycles. The van der Waals surface area contributed by atoms with Crippen molar-refractivity contribution in [2.75, 3.05) is 5.75 Å². The maximum absolute atomic E-state index is 13.7. The first-order chi connectivity index (χ1) is 11.2. The van der Waals surface area contributed by atoms with Gasteiger partial charge in [-0.25, -0.2) is 23.4 Å². The van der Waals surface area contributed by atoms with Crippen LogP contribution < -0.4 is 0 Å². The molecule has 0 fully saturated rings. The number of aromatic nitrogens is 5. The molecule has 0 aliphatic rings. The summed E-state index contributed by atoms with van der Waals surface area (Å²) in [5.74, 6) is -0.318. The van der Waals surface area contributed by atoms with Gasteiger partial charge in [0.1, 0.15) is 17.3 Å². The van der Waals surface area contributed by atoms with Crippen molar-refractivity contribution in [3.05, 3.63) is 54.0 Å². The lowest BCUT2D eigenvalue weighted by atomic mass is 10.2. The van der Waals surface area contributed by atoms with E-state index in [1.54, 1.807) is 30.4 Å². The van der Waals surface area contributed by atoms with Crippen LogP contribution in [0.2, 0.25) is 0 Å². The topological polar surface area (TPSA) is 56.5 Å². The van der Waals surface area contributed by atoms with E-state index in [1.807, 2.05) is 6.92 Å². The van der Waals surface area contributed by atoms with E-state index in [4.69, 9.17) is 0 Å². The molecule has 0 aliphatic heterocycles. The monoisotopic (exact) mass is 333 g/mol. The first-order valence-electron chi connectivity index (χ1n) is 6.95. The third-order valence-corrected chi connectivity index (χ3v) is 3.88. The number of thioether (sulfide) groups is 1. The fourth-order valence-corrected chi connectivity index (χ4v) is 2.52. The Kier molecular flexibility index (Phi) is 4.61.